The third kappa shape index (κ3) is 1.61. The predicted octanol–water partition coefficient (Wildman–Crippen LogP) is 3.53. The number of carbonyl (C=O) groups excluding carboxylic acids is 2. The minimum absolute atomic E-state index is 0.508. The van der Waals surface area contributed by atoms with Crippen molar-refractivity contribution in [3.63, 3.8) is 0 Å². The number of hydrogen-bond donors (Lipinski definition) is 0. The van der Waals surface area contributed by atoms with E-state index in [0.717, 1.165) is 22.3 Å². The third-order valence-electron chi connectivity index (χ3n) is 6.37. The molecule has 6 rings (SSSR count). The van der Waals surface area contributed by atoms with Crippen LogP contribution in [0.15, 0.2) is 84.9 Å². The lowest BCUT2D eigenvalue weighted by Gasteiger charge is -2.33. The van der Waals surface area contributed by atoms with Crippen LogP contribution in [0, 0.1) is 11.8 Å². The number of ether oxygens (including phenoxy) is 2. The van der Waals surface area contributed by atoms with E-state index in [2.05, 4.69) is 0 Å². The molecule has 3 aromatic rings. The van der Waals surface area contributed by atoms with Gasteiger partial charge in [0.25, 0.3) is 0 Å². The van der Waals surface area contributed by atoms with E-state index in [1.165, 1.54) is 0 Å². The zero-order chi connectivity index (χ0) is 18.9. The zero-order valence-electron chi connectivity index (χ0n) is 14.9. The van der Waals surface area contributed by atoms with E-state index in [9.17, 15) is 9.59 Å². The van der Waals surface area contributed by atoms with Gasteiger partial charge in [-0.3, -0.25) is 9.59 Å². The van der Waals surface area contributed by atoms with Crippen LogP contribution >= 0.6 is 0 Å². The predicted molar refractivity (Wildman–Crippen MR) is 100 cm³/mol. The van der Waals surface area contributed by atoms with E-state index >= 15 is 0 Å². The van der Waals surface area contributed by atoms with Crippen molar-refractivity contribution < 1.29 is 19.1 Å². The highest BCUT2D eigenvalue weighted by molar-refractivity contribution is 6.01. The first kappa shape index (κ1) is 15.8. The average molecular weight is 368 g/mol. The Hall–Kier alpha value is -3.24. The summed E-state index contributed by atoms with van der Waals surface area (Å²) in [5.41, 5.74) is 1.50. The molecule has 136 valence electrons. The molecule has 3 heterocycles. The molecule has 0 N–H and O–H groups in total. The van der Waals surface area contributed by atoms with Crippen molar-refractivity contribution >= 4 is 11.9 Å². The van der Waals surface area contributed by atoms with Gasteiger partial charge < -0.3 is 9.47 Å². The van der Waals surface area contributed by atoms with Gasteiger partial charge in [0.1, 0.15) is 23.0 Å². The van der Waals surface area contributed by atoms with Crippen molar-refractivity contribution in [2.24, 2.45) is 11.8 Å². The Morgan fingerprint density at radius 1 is 0.571 bits per heavy atom. The molecule has 3 aromatic carbocycles. The first-order valence-electron chi connectivity index (χ1n) is 9.36. The Bertz CT molecular complexity index is 1040. The van der Waals surface area contributed by atoms with Crippen LogP contribution in [0.25, 0.3) is 0 Å². The second-order valence-corrected chi connectivity index (χ2v) is 7.55. The van der Waals surface area contributed by atoms with E-state index in [0.29, 0.717) is 0 Å². The maximum absolute atomic E-state index is 12.9. The molecule has 2 saturated heterocycles. The molecule has 28 heavy (non-hydrogen) atoms. The fourth-order valence-electron chi connectivity index (χ4n) is 5.42. The van der Waals surface area contributed by atoms with Crippen LogP contribution in [0.5, 0.6) is 0 Å². The van der Waals surface area contributed by atoms with Crippen LogP contribution < -0.4 is 0 Å². The fraction of sp³-hybridized carbons (Fsp3) is 0.167. The molecule has 3 aliphatic heterocycles. The van der Waals surface area contributed by atoms with Crippen molar-refractivity contribution in [2.75, 3.05) is 0 Å². The van der Waals surface area contributed by atoms with Gasteiger partial charge in [0.15, 0.2) is 0 Å². The minimum Gasteiger partial charge on any atom is -0.392 e. The summed E-state index contributed by atoms with van der Waals surface area (Å²) in [6.45, 7) is 0. The van der Waals surface area contributed by atoms with Gasteiger partial charge in [-0.1, -0.05) is 84.9 Å². The van der Waals surface area contributed by atoms with Crippen molar-refractivity contribution in [1.82, 2.24) is 0 Å². The summed E-state index contributed by atoms with van der Waals surface area (Å²) in [7, 11) is 0. The Morgan fingerprint density at radius 2 is 0.964 bits per heavy atom. The lowest BCUT2D eigenvalue weighted by atomic mass is 9.61. The highest BCUT2D eigenvalue weighted by Crippen LogP contribution is 2.70. The molecule has 4 atom stereocenters. The Kier molecular flexibility index (Phi) is 2.92. The lowest BCUT2D eigenvalue weighted by Crippen LogP contribution is -2.42. The molecule has 3 aliphatic rings. The number of fused-ring (bicyclic) bond motifs is 8. The van der Waals surface area contributed by atoms with E-state index in [-0.39, 0.29) is 0 Å². The molecule has 0 aliphatic carbocycles. The molecule has 0 unspecified atom stereocenters. The highest BCUT2D eigenvalue weighted by Gasteiger charge is 2.78. The Morgan fingerprint density at radius 3 is 1.39 bits per heavy atom. The summed E-state index contributed by atoms with van der Waals surface area (Å²) >= 11 is 0. The van der Waals surface area contributed by atoms with Crippen LogP contribution in [0.4, 0.5) is 0 Å². The minimum atomic E-state index is -1.04. The number of cyclic esters (lactones) is 2. The molecule has 0 amide bonds. The van der Waals surface area contributed by atoms with Gasteiger partial charge in [0.2, 0.25) is 0 Å². The van der Waals surface area contributed by atoms with Gasteiger partial charge in [0, 0.05) is 0 Å². The fourth-order valence-corrected chi connectivity index (χ4v) is 5.42. The largest absolute Gasteiger partial charge is 0.392 e. The zero-order valence-corrected chi connectivity index (χ0v) is 14.9. The summed E-state index contributed by atoms with van der Waals surface area (Å²) in [5, 5.41) is 0. The van der Waals surface area contributed by atoms with E-state index in [1.807, 2.05) is 84.9 Å². The van der Waals surface area contributed by atoms with E-state index in [4.69, 9.17) is 9.47 Å². The molecule has 2 bridgehead atoms. The number of hydrogen-bond acceptors (Lipinski definition) is 4. The lowest BCUT2D eigenvalue weighted by molar-refractivity contribution is -0.162. The Balaban J connectivity index is 1.75. The summed E-state index contributed by atoms with van der Waals surface area (Å²) < 4.78 is 12.1. The van der Waals surface area contributed by atoms with Gasteiger partial charge in [-0.05, 0) is 22.3 Å². The molecule has 0 spiro atoms. The monoisotopic (exact) mass is 368 g/mol. The van der Waals surface area contributed by atoms with Gasteiger partial charge >= 0.3 is 11.9 Å². The maximum Gasteiger partial charge on any atom is 0.321 e. The first-order chi connectivity index (χ1) is 13.7. The second-order valence-electron chi connectivity index (χ2n) is 7.55. The quantitative estimate of drug-likeness (QED) is 0.513. The molecule has 4 heteroatoms. The van der Waals surface area contributed by atoms with E-state index < -0.39 is 35.0 Å². The molecule has 0 aromatic heterocycles. The molecule has 0 radical (unpaired) electrons. The van der Waals surface area contributed by atoms with Crippen LogP contribution in [0.1, 0.15) is 22.3 Å². The molecular weight excluding hydrogens is 352 g/mol. The SMILES string of the molecule is O=C1OC(=O)[C@@H]2[C@@H]1[C@@]1(c3ccccc3)O[C@@]2(c2ccccc2)c2ccccc21. The number of esters is 2. The van der Waals surface area contributed by atoms with Crippen molar-refractivity contribution in [3.05, 3.63) is 107 Å². The van der Waals surface area contributed by atoms with E-state index in [1.54, 1.807) is 0 Å². The molecule has 0 saturated carbocycles. The van der Waals surface area contributed by atoms with Crippen LogP contribution in [-0.4, -0.2) is 11.9 Å². The van der Waals surface area contributed by atoms with Gasteiger partial charge in [-0.2, -0.15) is 0 Å². The van der Waals surface area contributed by atoms with Crippen LogP contribution in [-0.2, 0) is 30.3 Å². The third-order valence-corrected chi connectivity index (χ3v) is 6.37. The van der Waals surface area contributed by atoms with Crippen LogP contribution in [0.2, 0.25) is 0 Å². The smallest absolute Gasteiger partial charge is 0.321 e. The molecular formula is C24H16O4. The molecule has 2 fully saturated rings. The van der Waals surface area contributed by atoms with Crippen LogP contribution in [0.3, 0.4) is 0 Å². The number of benzene rings is 3. The number of rotatable bonds is 2. The summed E-state index contributed by atoms with van der Waals surface area (Å²) in [6.07, 6.45) is 0. The normalized spacial score (nSPS) is 32.1. The molecule has 4 nitrogen and oxygen atoms in total. The van der Waals surface area contributed by atoms with Gasteiger partial charge in [-0.25, -0.2) is 0 Å². The van der Waals surface area contributed by atoms with Crippen molar-refractivity contribution in [2.45, 2.75) is 11.2 Å². The maximum atomic E-state index is 12.9. The van der Waals surface area contributed by atoms with Gasteiger partial charge in [-0.15, -0.1) is 0 Å². The highest BCUT2D eigenvalue weighted by atomic mass is 16.6. The number of carbonyl (C=O) groups is 2. The van der Waals surface area contributed by atoms with Crippen molar-refractivity contribution in [3.8, 4) is 0 Å². The summed E-state index contributed by atoms with van der Waals surface area (Å²) in [6, 6.07) is 27.3. The van der Waals surface area contributed by atoms with Gasteiger partial charge in [0.05, 0.1) is 0 Å². The topological polar surface area (TPSA) is 52.6 Å². The standard InChI is InChI=1S/C24H16O4/c25-21-19-20(22(26)27-21)24(16-11-5-2-6-12-16)18-14-8-7-13-17(18)23(19,28-24)15-9-3-1-4-10-15/h1-14,19-20H/t19-,20-,23-,24-/m0/s1. The summed E-state index contributed by atoms with van der Waals surface area (Å²) in [4.78, 5) is 25.8. The Labute approximate surface area is 161 Å². The van der Waals surface area contributed by atoms with Crippen molar-refractivity contribution in [1.29, 1.82) is 0 Å². The average Bonchev–Trinajstić information content (AvgIpc) is 3.36. The second kappa shape index (κ2) is 5.18. The summed E-state index contributed by atoms with van der Waals surface area (Å²) in [5.74, 6) is -2.44. The first-order valence-corrected chi connectivity index (χ1v) is 9.36.